The van der Waals surface area contributed by atoms with Crippen molar-refractivity contribution >= 4 is 17.8 Å². The average molecular weight is 344 g/mol. The van der Waals surface area contributed by atoms with Gasteiger partial charge in [-0.15, -0.1) is 0 Å². The minimum atomic E-state index is -1.17. The summed E-state index contributed by atoms with van der Waals surface area (Å²) in [6.45, 7) is 5.79. The van der Waals surface area contributed by atoms with Gasteiger partial charge < -0.3 is 4.74 Å². The normalized spacial score (nSPS) is 31.4. The number of amides is 2. The number of imide groups is 1. The lowest BCUT2D eigenvalue weighted by molar-refractivity contribution is -0.156. The van der Waals surface area contributed by atoms with Gasteiger partial charge in [-0.25, -0.2) is 0 Å². The lowest BCUT2D eigenvalue weighted by atomic mass is 9.78. The quantitative estimate of drug-likeness (QED) is 0.663. The van der Waals surface area contributed by atoms with Crippen molar-refractivity contribution in [3.63, 3.8) is 0 Å². The monoisotopic (exact) mass is 344 g/mol. The Labute approximate surface area is 147 Å². The summed E-state index contributed by atoms with van der Waals surface area (Å²) in [5.41, 5.74) is 0.835. The molecule has 0 saturated carbocycles. The van der Waals surface area contributed by atoms with Crippen LogP contribution in [0.25, 0.3) is 0 Å². The van der Waals surface area contributed by atoms with Crippen molar-refractivity contribution in [3.8, 4) is 0 Å². The summed E-state index contributed by atoms with van der Waals surface area (Å²) in [7, 11) is 1.49. The number of carbonyl (C=O) groups is 3. The lowest BCUT2D eigenvalue weighted by Gasteiger charge is -2.31. The molecule has 0 spiro atoms. The van der Waals surface area contributed by atoms with Crippen molar-refractivity contribution in [2.24, 2.45) is 11.8 Å². The summed E-state index contributed by atoms with van der Waals surface area (Å²) in [6, 6.07) is 7.42. The molecule has 0 aromatic heterocycles. The number of aryl methyl sites for hydroxylation is 1. The number of likely N-dealkylation sites (tertiary alicyclic amines) is 1. The van der Waals surface area contributed by atoms with Crippen LogP contribution in [0.4, 0.5) is 0 Å². The van der Waals surface area contributed by atoms with Crippen LogP contribution in [0.2, 0.25) is 0 Å². The third-order valence-electron chi connectivity index (χ3n) is 5.51. The minimum Gasteiger partial charge on any atom is -0.465 e. The fraction of sp³-hybridized carbons (Fsp3) is 0.526. The summed E-state index contributed by atoms with van der Waals surface area (Å²) in [5, 5.41) is 3.32. The first-order chi connectivity index (χ1) is 11.9. The molecule has 0 bridgehead atoms. The van der Waals surface area contributed by atoms with Gasteiger partial charge in [0.15, 0.2) is 0 Å². The Morgan fingerprint density at radius 1 is 1.20 bits per heavy atom. The van der Waals surface area contributed by atoms with Crippen LogP contribution < -0.4 is 5.32 Å². The number of ether oxygens (including phenoxy) is 1. The van der Waals surface area contributed by atoms with Crippen molar-refractivity contribution in [1.82, 2.24) is 10.2 Å². The molecule has 3 rings (SSSR count). The zero-order valence-electron chi connectivity index (χ0n) is 15.0. The molecule has 134 valence electrons. The largest absolute Gasteiger partial charge is 0.465 e. The molecule has 2 fully saturated rings. The Balaban J connectivity index is 2.10. The molecular weight excluding hydrogens is 320 g/mol. The van der Waals surface area contributed by atoms with E-state index in [1.807, 2.05) is 38.1 Å². The van der Waals surface area contributed by atoms with Crippen LogP contribution in [-0.2, 0) is 19.1 Å². The number of carbonyl (C=O) groups excluding carboxylic acids is 3. The maximum absolute atomic E-state index is 12.8. The number of nitrogens with one attached hydrogen (secondary N) is 1. The predicted octanol–water partition coefficient (Wildman–Crippen LogP) is 1.58. The molecule has 4 atom stereocenters. The van der Waals surface area contributed by atoms with E-state index in [0.29, 0.717) is 6.42 Å². The van der Waals surface area contributed by atoms with Gasteiger partial charge in [-0.1, -0.05) is 36.8 Å². The van der Waals surface area contributed by atoms with Crippen molar-refractivity contribution in [2.45, 2.75) is 38.8 Å². The smallest absolute Gasteiger partial charge is 0.327 e. The highest BCUT2D eigenvalue weighted by atomic mass is 16.5. The second-order valence-corrected chi connectivity index (χ2v) is 6.82. The van der Waals surface area contributed by atoms with Gasteiger partial charge in [0.1, 0.15) is 5.54 Å². The van der Waals surface area contributed by atoms with Gasteiger partial charge in [0, 0.05) is 13.1 Å². The molecule has 2 aliphatic heterocycles. The molecule has 0 aliphatic carbocycles. The minimum absolute atomic E-state index is 0.229. The maximum Gasteiger partial charge on any atom is 0.327 e. The molecule has 2 amide bonds. The van der Waals surface area contributed by atoms with E-state index in [-0.39, 0.29) is 18.4 Å². The summed E-state index contributed by atoms with van der Waals surface area (Å²) in [4.78, 5) is 39.4. The number of benzene rings is 1. The SMILES string of the molecule is CCOC(=O)[C@@]1(CC)N[C@@H](c2ccc(C)cc2)[C@H]2C(=O)N(C)C(=O)[C@H]21. The van der Waals surface area contributed by atoms with Gasteiger partial charge in [0.05, 0.1) is 18.4 Å². The molecule has 1 N–H and O–H groups in total. The van der Waals surface area contributed by atoms with Gasteiger partial charge in [0.25, 0.3) is 0 Å². The third kappa shape index (κ3) is 2.47. The van der Waals surface area contributed by atoms with Gasteiger partial charge >= 0.3 is 5.97 Å². The van der Waals surface area contributed by atoms with Crippen molar-refractivity contribution in [1.29, 1.82) is 0 Å². The van der Waals surface area contributed by atoms with Gasteiger partial charge in [0.2, 0.25) is 11.8 Å². The van der Waals surface area contributed by atoms with Crippen molar-refractivity contribution in [3.05, 3.63) is 35.4 Å². The second-order valence-electron chi connectivity index (χ2n) is 6.82. The van der Waals surface area contributed by atoms with E-state index in [1.54, 1.807) is 6.92 Å². The molecule has 6 nitrogen and oxygen atoms in total. The number of nitrogens with zero attached hydrogens (tertiary/aromatic N) is 1. The Morgan fingerprint density at radius 2 is 1.84 bits per heavy atom. The summed E-state index contributed by atoms with van der Waals surface area (Å²) >= 11 is 0. The van der Waals surface area contributed by atoms with Crippen LogP contribution >= 0.6 is 0 Å². The highest BCUT2D eigenvalue weighted by Crippen LogP contribution is 2.50. The first-order valence-electron chi connectivity index (χ1n) is 8.70. The van der Waals surface area contributed by atoms with Gasteiger partial charge in [-0.2, -0.15) is 0 Å². The van der Waals surface area contributed by atoms with Crippen LogP contribution in [0, 0.1) is 18.8 Å². The Kier molecular flexibility index (Phi) is 4.41. The average Bonchev–Trinajstić information content (AvgIpc) is 3.06. The van der Waals surface area contributed by atoms with Gasteiger partial charge in [-0.3, -0.25) is 24.6 Å². The summed E-state index contributed by atoms with van der Waals surface area (Å²) in [5.74, 6) is -2.34. The molecule has 2 aliphatic rings. The summed E-state index contributed by atoms with van der Waals surface area (Å²) in [6.07, 6.45) is 0.377. The van der Waals surface area contributed by atoms with Crippen LogP contribution in [0.5, 0.6) is 0 Å². The number of fused-ring (bicyclic) bond motifs is 1. The molecule has 0 radical (unpaired) electrons. The Bertz CT molecular complexity index is 715. The van der Waals surface area contributed by atoms with Crippen LogP contribution in [0.3, 0.4) is 0 Å². The van der Waals surface area contributed by atoms with E-state index in [4.69, 9.17) is 4.74 Å². The molecule has 6 heteroatoms. The highest BCUT2D eigenvalue weighted by molar-refractivity contribution is 6.09. The highest BCUT2D eigenvalue weighted by Gasteiger charge is 2.67. The van der Waals surface area contributed by atoms with Gasteiger partial charge in [-0.05, 0) is 25.8 Å². The Hall–Kier alpha value is -2.21. The Morgan fingerprint density at radius 3 is 2.40 bits per heavy atom. The van der Waals surface area contributed by atoms with E-state index in [0.717, 1.165) is 16.0 Å². The third-order valence-corrected chi connectivity index (χ3v) is 5.51. The molecule has 2 saturated heterocycles. The van der Waals surface area contributed by atoms with Crippen molar-refractivity contribution < 1.29 is 19.1 Å². The van der Waals surface area contributed by atoms with E-state index in [9.17, 15) is 14.4 Å². The van der Waals surface area contributed by atoms with Crippen LogP contribution in [-0.4, -0.2) is 41.9 Å². The number of rotatable bonds is 4. The lowest BCUT2D eigenvalue weighted by Crippen LogP contribution is -2.55. The zero-order valence-corrected chi connectivity index (χ0v) is 15.0. The van der Waals surface area contributed by atoms with Crippen molar-refractivity contribution in [2.75, 3.05) is 13.7 Å². The topological polar surface area (TPSA) is 75.7 Å². The zero-order chi connectivity index (χ0) is 18.4. The number of esters is 1. The fourth-order valence-electron chi connectivity index (χ4n) is 4.12. The van der Waals surface area contributed by atoms with E-state index < -0.39 is 29.4 Å². The first kappa shape index (κ1) is 17.6. The molecule has 25 heavy (non-hydrogen) atoms. The fourth-order valence-corrected chi connectivity index (χ4v) is 4.12. The predicted molar refractivity (Wildman–Crippen MR) is 91.5 cm³/mol. The molecule has 1 aromatic carbocycles. The molecule has 1 aromatic rings. The van der Waals surface area contributed by atoms with E-state index in [2.05, 4.69) is 5.32 Å². The molecular formula is C19H24N2O4. The van der Waals surface area contributed by atoms with Crippen LogP contribution in [0.15, 0.2) is 24.3 Å². The van der Waals surface area contributed by atoms with E-state index >= 15 is 0 Å². The summed E-state index contributed by atoms with van der Waals surface area (Å²) < 4.78 is 5.27. The number of hydrogen-bond acceptors (Lipinski definition) is 5. The standard InChI is InChI=1S/C19H24N2O4/c1-5-19(18(24)25-6-2)14-13(16(22)21(4)17(14)23)15(20-19)12-9-7-11(3)8-10-12/h7-10,13-15,20H,5-6H2,1-4H3/t13-,14-,15-,19-/m0/s1. The van der Waals surface area contributed by atoms with E-state index in [1.165, 1.54) is 7.05 Å². The number of hydrogen-bond donors (Lipinski definition) is 1. The second kappa shape index (κ2) is 6.26. The molecule has 2 heterocycles. The maximum atomic E-state index is 12.8. The van der Waals surface area contributed by atoms with Crippen LogP contribution in [0.1, 0.15) is 37.4 Å². The molecule has 0 unspecified atom stereocenters. The first-order valence-corrected chi connectivity index (χ1v) is 8.70.